The van der Waals surface area contributed by atoms with Gasteiger partial charge in [-0.1, -0.05) is 32.6 Å². The minimum Gasteiger partial charge on any atom is -0.360 e. The summed E-state index contributed by atoms with van der Waals surface area (Å²) in [5.74, 6) is 0.889. The molecule has 0 aromatic carbocycles. The molecule has 3 aliphatic rings. The van der Waals surface area contributed by atoms with Crippen LogP contribution in [-0.2, 0) is 4.74 Å². The number of rotatable bonds is 0. The summed E-state index contributed by atoms with van der Waals surface area (Å²) < 4.78 is 6.42. The van der Waals surface area contributed by atoms with Crippen LogP contribution in [0, 0.1) is 11.3 Å². The monoisotopic (exact) mass is 251 g/mol. The van der Waals surface area contributed by atoms with E-state index in [2.05, 4.69) is 12.2 Å². The van der Waals surface area contributed by atoms with Gasteiger partial charge in [-0.3, -0.25) is 5.32 Å². The molecule has 0 aromatic rings. The predicted octanol–water partition coefficient (Wildman–Crippen LogP) is 3.85. The summed E-state index contributed by atoms with van der Waals surface area (Å²) in [6, 6.07) is 0. The van der Waals surface area contributed by atoms with Crippen LogP contribution in [0.1, 0.15) is 71.1 Å². The lowest BCUT2D eigenvalue weighted by molar-refractivity contribution is -0.160. The first kappa shape index (κ1) is 12.9. The molecule has 2 saturated carbocycles. The van der Waals surface area contributed by atoms with Crippen LogP contribution in [0.3, 0.4) is 0 Å². The van der Waals surface area contributed by atoms with Crippen molar-refractivity contribution in [2.75, 3.05) is 13.2 Å². The lowest BCUT2D eigenvalue weighted by Gasteiger charge is -2.49. The van der Waals surface area contributed by atoms with Gasteiger partial charge in [0.15, 0.2) is 0 Å². The molecule has 2 nitrogen and oxygen atoms in total. The average Bonchev–Trinajstić information content (AvgIpc) is 2.58. The Bertz CT molecular complexity index is 273. The van der Waals surface area contributed by atoms with Crippen LogP contribution in [0.4, 0.5) is 0 Å². The van der Waals surface area contributed by atoms with Gasteiger partial charge in [-0.05, 0) is 44.4 Å². The Morgan fingerprint density at radius 2 is 1.78 bits per heavy atom. The molecule has 3 rings (SSSR count). The molecule has 1 saturated heterocycles. The van der Waals surface area contributed by atoms with Crippen molar-refractivity contribution in [2.24, 2.45) is 11.3 Å². The van der Waals surface area contributed by atoms with E-state index in [1.54, 1.807) is 0 Å². The Kier molecular flexibility index (Phi) is 3.68. The summed E-state index contributed by atoms with van der Waals surface area (Å²) in [4.78, 5) is 0. The summed E-state index contributed by atoms with van der Waals surface area (Å²) >= 11 is 0. The molecule has 0 radical (unpaired) electrons. The zero-order valence-electron chi connectivity index (χ0n) is 12.0. The van der Waals surface area contributed by atoms with Crippen molar-refractivity contribution in [3.8, 4) is 0 Å². The normalized spacial score (nSPS) is 40.8. The first-order valence-corrected chi connectivity index (χ1v) is 8.11. The van der Waals surface area contributed by atoms with Crippen LogP contribution >= 0.6 is 0 Å². The largest absolute Gasteiger partial charge is 0.360 e. The maximum atomic E-state index is 6.42. The minimum absolute atomic E-state index is 0.0491. The molecule has 2 spiro atoms. The number of hydrogen-bond donors (Lipinski definition) is 1. The highest BCUT2D eigenvalue weighted by Crippen LogP contribution is 2.42. The average molecular weight is 251 g/mol. The Labute approximate surface area is 112 Å². The van der Waals surface area contributed by atoms with E-state index in [9.17, 15) is 0 Å². The highest BCUT2D eigenvalue weighted by molar-refractivity contribution is 4.94. The van der Waals surface area contributed by atoms with E-state index in [1.807, 2.05) is 0 Å². The van der Waals surface area contributed by atoms with Crippen molar-refractivity contribution in [3.05, 3.63) is 0 Å². The molecule has 2 heteroatoms. The van der Waals surface area contributed by atoms with E-state index in [1.165, 1.54) is 70.8 Å². The van der Waals surface area contributed by atoms with Crippen LogP contribution in [0.2, 0.25) is 0 Å². The molecule has 0 amide bonds. The van der Waals surface area contributed by atoms with Crippen LogP contribution in [0.15, 0.2) is 0 Å². The predicted molar refractivity (Wildman–Crippen MR) is 74.5 cm³/mol. The molecule has 1 aliphatic heterocycles. The fourth-order valence-electron chi connectivity index (χ4n) is 4.17. The SMILES string of the molecule is CC1CCCC2(CC1)NCC1(CCCCC1)CO2. The number of ether oxygens (including phenoxy) is 1. The van der Waals surface area contributed by atoms with Crippen LogP contribution in [-0.4, -0.2) is 18.9 Å². The van der Waals surface area contributed by atoms with E-state index < -0.39 is 0 Å². The van der Waals surface area contributed by atoms with Crippen LogP contribution < -0.4 is 5.32 Å². The Morgan fingerprint density at radius 3 is 2.50 bits per heavy atom. The summed E-state index contributed by atoms with van der Waals surface area (Å²) in [6.07, 6.45) is 13.5. The molecule has 2 unspecified atom stereocenters. The first-order chi connectivity index (χ1) is 8.72. The van der Waals surface area contributed by atoms with Gasteiger partial charge in [-0.25, -0.2) is 0 Å². The van der Waals surface area contributed by atoms with Crippen LogP contribution in [0.25, 0.3) is 0 Å². The molecular formula is C16H29NO. The van der Waals surface area contributed by atoms with Gasteiger partial charge < -0.3 is 4.74 Å². The molecule has 18 heavy (non-hydrogen) atoms. The van der Waals surface area contributed by atoms with Crippen molar-refractivity contribution in [1.29, 1.82) is 0 Å². The van der Waals surface area contributed by atoms with E-state index in [0.717, 1.165) is 12.5 Å². The minimum atomic E-state index is 0.0491. The summed E-state index contributed by atoms with van der Waals surface area (Å²) in [5.41, 5.74) is 0.537. The van der Waals surface area contributed by atoms with E-state index >= 15 is 0 Å². The second-order valence-electron chi connectivity index (χ2n) is 7.23. The standard InChI is InChI=1S/C16H29NO/c1-14-6-5-10-16(11-7-14)17-12-15(13-18-16)8-3-2-4-9-15/h14,17H,2-13H2,1H3. The topological polar surface area (TPSA) is 21.3 Å². The third-order valence-corrected chi connectivity index (χ3v) is 5.67. The fourth-order valence-corrected chi connectivity index (χ4v) is 4.17. The lowest BCUT2D eigenvalue weighted by Crippen LogP contribution is -2.59. The second-order valence-corrected chi connectivity index (χ2v) is 7.23. The Balaban J connectivity index is 1.61. The molecule has 1 heterocycles. The van der Waals surface area contributed by atoms with Crippen molar-refractivity contribution < 1.29 is 4.74 Å². The molecule has 3 fully saturated rings. The Morgan fingerprint density at radius 1 is 0.944 bits per heavy atom. The summed E-state index contributed by atoms with van der Waals surface area (Å²) in [6.45, 7) is 4.63. The number of hydrogen-bond acceptors (Lipinski definition) is 2. The second kappa shape index (κ2) is 5.13. The third-order valence-electron chi connectivity index (χ3n) is 5.67. The van der Waals surface area contributed by atoms with E-state index in [0.29, 0.717) is 5.41 Å². The van der Waals surface area contributed by atoms with Crippen molar-refractivity contribution in [2.45, 2.75) is 76.9 Å². The van der Waals surface area contributed by atoms with Gasteiger partial charge in [-0.15, -0.1) is 0 Å². The van der Waals surface area contributed by atoms with Crippen molar-refractivity contribution >= 4 is 0 Å². The van der Waals surface area contributed by atoms with Gasteiger partial charge >= 0.3 is 0 Å². The summed E-state index contributed by atoms with van der Waals surface area (Å²) in [7, 11) is 0. The fraction of sp³-hybridized carbons (Fsp3) is 1.00. The molecule has 0 aromatic heterocycles. The maximum absolute atomic E-state index is 6.42. The van der Waals surface area contributed by atoms with Crippen LogP contribution in [0.5, 0.6) is 0 Å². The maximum Gasteiger partial charge on any atom is 0.119 e. The smallest absolute Gasteiger partial charge is 0.119 e. The van der Waals surface area contributed by atoms with E-state index in [-0.39, 0.29) is 5.72 Å². The zero-order valence-corrected chi connectivity index (χ0v) is 12.0. The third kappa shape index (κ3) is 2.60. The quantitative estimate of drug-likeness (QED) is 0.706. The van der Waals surface area contributed by atoms with Gasteiger partial charge in [0.1, 0.15) is 5.72 Å². The zero-order chi connectivity index (χ0) is 12.5. The highest BCUT2D eigenvalue weighted by atomic mass is 16.5. The van der Waals surface area contributed by atoms with Gasteiger partial charge in [0.05, 0.1) is 6.61 Å². The molecule has 104 valence electrons. The lowest BCUT2D eigenvalue weighted by atomic mass is 9.73. The van der Waals surface area contributed by atoms with E-state index in [4.69, 9.17) is 4.74 Å². The van der Waals surface area contributed by atoms with Crippen molar-refractivity contribution in [1.82, 2.24) is 5.32 Å². The molecule has 2 atom stereocenters. The number of nitrogens with one attached hydrogen (secondary N) is 1. The van der Waals surface area contributed by atoms with Gasteiger partial charge in [-0.2, -0.15) is 0 Å². The molecule has 0 bridgehead atoms. The van der Waals surface area contributed by atoms with Gasteiger partial charge in [0.2, 0.25) is 0 Å². The first-order valence-electron chi connectivity index (χ1n) is 8.11. The van der Waals surface area contributed by atoms with Crippen molar-refractivity contribution in [3.63, 3.8) is 0 Å². The molecular weight excluding hydrogens is 222 g/mol. The van der Waals surface area contributed by atoms with Gasteiger partial charge in [0.25, 0.3) is 0 Å². The molecule has 1 N–H and O–H groups in total. The molecule has 2 aliphatic carbocycles. The summed E-state index contributed by atoms with van der Waals surface area (Å²) in [5, 5.41) is 3.83. The Hall–Kier alpha value is -0.0800. The van der Waals surface area contributed by atoms with Gasteiger partial charge in [0, 0.05) is 12.0 Å². The highest BCUT2D eigenvalue weighted by Gasteiger charge is 2.43.